The van der Waals surface area contributed by atoms with E-state index in [0.29, 0.717) is 5.88 Å². The van der Waals surface area contributed by atoms with Crippen LogP contribution in [0.2, 0.25) is 0 Å². The Morgan fingerprint density at radius 1 is 1.22 bits per heavy atom. The van der Waals surface area contributed by atoms with Crippen LogP contribution >= 0.6 is 11.6 Å². The third-order valence-corrected chi connectivity index (χ3v) is 1.09. The van der Waals surface area contributed by atoms with Crippen LogP contribution in [-0.4, -0.2) is 38.1 Å². The number of hydrogen-bond acceptors (Lipinski definition) is 0. The van der Waals surface area contributed by atoms with Crippen LogP contribution in [-0.2, 0) is 0 Å². The largest absolute Gasteiger partial charge is 0.328 e. The van der Waals surface area contributed by atoms with Gasteiger partial charge in [0, 0.05) is 5.88 Å². The molecule has 2 heteroatoms. The molecule has 0 atom stereocenters. The molecule has 9 heavy (non-hydrogen) atoms. The summed E-state index contributed by atoms with van der Waals surface area (Å²) in [5, 5.41) is 0. The first-order valence-electron chi connectivity index (χ1n) is 3.07. The van der Waals surface area contributed by atoms with Crippen LogP contribution in [0.4, 0.5) is 0 Å². The predicted molar refractivity (Wildman–Crippen MR) is 42.8 cm³/mol. The molecule has 0 aromatic heterocycles. The smallest absolute Gasteiger partial charge is 0.0967 e. The number of hydrogen-bond donors (Lipinski definition) is 0. The molecule has 0 unspecified atom stereocenters. The van der Waals surface area contributed by atoms with Gasteiger partial charge in [-0.15, -0.1) is 11.6 Å². The van der Waals surface area contributed by atoms with Gasteiger partial charge in [0.05, 0.1) is 27.7 Å². The topological polar surface area (TPSA) is 0 Å². The molecule has 0 rings (SSSR count). The van der Waals surface area contributed by atoms with E-state index >= 15 is 0 Å². The zero-order valence-corrected chi connectivity index (χ0v) is 7.15. The zero-order chi connectivity index (χ0) is 7.33. The monoisotopic (exact) mass is 148 g/mol. The fraction of sp³-hybridized carbons (Fsp3) is 0.714. The molecule has 0 saturated heterocycles. The van der Waals surface area contributed by atoms with E-state index < -0.39 is 0 Å². The first-order chi connectivity index (χ1) is 4.06. The maximum absolute atomic E-state index is 5.44. The molecule has 0 bridgehead atoms. The molecule has 0 amide bonds. The average molecular weight is 149 g/mol. The molecule has 0 aliphatic rings. The number of nitrogens with zero attached hydrogens (tertiary/aromatic N) is 1. The van der Waals surface area contributed by atoms with Crippen molar-refractivity contribution in [2.45, 2.75) is 0 Å². The van der Waals surface area contributed by atoms with Crippen LogP contribution in [0, 0.1) is 0 Å². The maximum atomic E-state index is 5.44. The van der Waals surface area contributed by atoms with E-state index in [4.69, 9.17) is 11.6 Å². The van der Waals surface area contributed by atoms with Crippen molar-refractivity contribution in [1.29, 1.82) is 0 Å². The molecular weight excluding hydrogens is 134 g/mol. The number of alkyl halides is 1. The number of quaternary nitrogens is 1. The van der Waals surface area contributed by atoms with Gasteiger partial charge >= 0.3 is 0 Å². The highest BCUT2D eigenvalue weighted by atomic mass is 35.5. The van der Waals surface area contributed by atoms with Gasteiger partial charge in [-0.3, -0.25) is 0 Å². The Morgan fingerprint density at radius 2 is 1.78 bits per heavy atom. The maximum Gasteiger partial charge on any atom is 0.0967 e. The van der Waals surface area contributed by atoms with Crippen molar-refractivity contribution in [3.63, 3.8) is 0 Å². The molecule has 0 spiro atoms. The van der Waals surface area contributed by atoms with Crippen molar-refractivity contribution < 1.29 is 4.48 Å². The average Bonchev–Trinajstić information content (AvgIpc) is 1.63. The van der Waals surface area contributed by atoms with E-state index in [0.717, 1.165) is 11.0 Å². The molecule has 54 valence electrons. The summed E-state index contributed by atoms with van der Waals surface area (Å²) in [6.45, 7) is 1.05. The predicted octanol–water partition coefficient (Wildman–Crippen LogP) is 1.49. The molecule has 0 heterocycles. The van der Waals surface area contributed by atoms with Gasteiger partial charge in [0.2, 0.25) is 0 Å². The number of allylic oxidation sites excluding steroid dienone is 1. The van der Waals surface area contributed by atoms with E-state index in [1.807, 2.05) is 6.08 Å². The number of rotatable bonds is 3. The normalized spacial score (nSPS) is 12.9. The highest BCUT2D eigenvalue weighted by Crippen LogP contribution is 1.89. The summed E-state index contributed by atoms with van der Waals surface area (Å²) < 4.78 is 0.966. The van der Waals surface area contributed by atoms with Crippen LogP contribution < -0.4 is 0 Å². The van der Waals surface area contributed by atoms with Crippen LogP contribution in [0.25, 0.3) is 0 Å². The lowest BCUT2D eigenvalue weighted by Crippen LogP contribution is -2.34. The third-order valence-electron chi connectivity index (χ3n) is 0.909. The molecule has 0 aromatic carbocycles. The van der Waals surface area contributed by atoms with E-state index in [1.165, 1.54) is 0 Å². The molecular formula is C7H15ClN+. The fourth-order valence-corrected chi connectivity index (χ4v) is 0.580. The van der Waals surface area contributed by atoms with Gasteiger partial charge in [-0.2, -0.15) is 0 Å². The third kappa shape index (κ3) is 7.99. The Balaban J connectivity index is 3.38. The molecule has 0 aliphatic carbocycles. The Kier molecular flexibility index (Phi) is 3.91. The van der Waals surface area contributed by atoms with Crippen molar-refractivity contribution in [2.24, 2.45) is 0 Å². The van der Waals surface area contributed by atoms with Gasteiger partial charge in [-0.05, 0) is 6.08 Å². The first kappa shape index (κ1) is 8.99. The van der Waals surface area contributed by atoms with Crippen molar-refractivity contribution in [1.82, 2.24) is 0 Å². The van der Waals surface area contributed by atoms with Crippen molar-refractivity contribution in [3.8, 4) is 0 Å². The summed E-state index contributed by atoms with van der Waals surface area (Å²) in [4.78, 5) is 0. The number of halogens is 1. The van der Waals surface area contributed by atoms with Gasteiger partial charge in [-0.1, -0.05) is 6.08 Å². The van der Waals surface area contributed by atoms with E-state index in [1.54, 1.807) is 0 Å². The zero-order valence-electron chi connectivity index (χ0n) is 6.39. The first-order valence-corrected chi connectivity index (χ1v) is 3.61. The summed E-state index contributed by atoms with van der Waals surface area (Å²) >= 11 is 5.44. The molecule has 0 aromatic rings. The lowest BCUT2D eigenvalue weighted by atomic mass is 10.4. The lowest BCUT2D eigenvalue weighted by Gasteiger charge is -2.21. The summed E-state index contributed by atoms with van der Waals surface area (Å²) in [5.74, 6) is 0.625. The Bertz CT molecular complexity index is 91.6. The summed E-state index contributed by atoms with van der Waals surface area (Å²) in [6, 6.07) is 0. The molecule has 1 nitrogen and oxygen atoms in total. The highest BCUT2D eigenvalue weighted by molar-refractivity contribution is 6.18. The molecule has 0 aliphatic heterocycles. The van der Waals surface area contributed by atoms with E-state index in [-0.39, 0.29) is 0 Å². The molecule has 0 fully saturated rings. The minimum atomic E-state index is 0.625. The molecule has 0 radical (unpaired) electrons. The second-order valence-electron chi connectivity index (χ2n) is 3.10. The summed E-state index contributed by atoms with van der Waals surface area (Å²) in [6.07, 6.45) is 4.08. The highest BCUT2D eigenvalue weighted by Gasteiger charge is 2.00. The standard InChI is InChI=1S/C7H15ClN/c1-9(2,3)7-5-4-6-8/h4-5H,6-7H2,1-3H3/q+1/b5-4-. The molecule has 0 saturated carbocycles. The number of likely N-dealkylation sites (N-methyl/N-ethyl adjacent to an activating group) is 1. The van der Waals surface area contributed by atoms with Gasteiger partial charge < -0.3 is 4.48 Å². The van der Waals surface area contributed by atoms with Crippen LogP contribution in [0.5, 0.6) is 0 Å². The van der Waals surface area contributed by atoms with Gasteiger partial charge in [0.25, 0.3) is 0 Å². The SMILES string of the molecule is C[N+](C)(C)C/C=C\CCl. The van der Waals surface area contributed by atoms with E-state index in [9.17, 15) is 0 Å². The van der Waals surface area contributed by atoms with Gasteiger partial charge in [-0.25, -0.2) is 0 Å². The summed E-state index contributed by atoms with van der Waals surface area (Å²) in [5.41, 5.74) is 0. The van der Waals surface area contributed by atoms with Crippen LogP contribution in [0.3, 0.4) is 0 Å². The molecule has 0 N–H and O–H groups in total. The minimum Gasteiger partial charge on any atom is -0.328 e. The van der Waals surface area contributed by atoms with Gasteiger partial charge in [0.15, 0.2) is 0 Å². The quantitative estimate of drug-likeness (QED) is 0.323. The van der Waals surface area contributed by atoms with Gasteiger partial charge in [0.1, 0.15) is 0 Å². The second kappa shape index (κ2) is 3.91. The fourth-order valence-electron chi connectivity index (χ4n) is 0.454. The van der Waals surface area contributed by atoms with Crippen LogP contribution in [0.15, 0.2) is 12.2 Å². The van der Waals surface area contributed by atoms with Crippen molar-refractivity contribution >= 4 is 11.6 Å². The van der Waals surface area contributed by atoms with E-state index in [2.05, 4.69) is 27.2 Å². The Hall–Kier alpha value is -0.0100. The van der Waals surface area contributed by atoms with Crippen LogP contribution in [0.1, 0.15) is 0 Å². The summed E-state index contributed by atoms with van der Waals surface area (Å²) in [7, 11) is 6.45. The van der Waals surface area contributed by atoms with Crippen molar-refractivity contribution in [3.05, 3.63) is 12.2 Å². The Labute approximate surface area is 62.5 Å². The lowest BCUT2D eigenvalue weighted by molar-refractivity contribution is -0.864. The minimum absolute atomic E-state index is 0.625. The second-order valence-corrected chi connectivity index (χ2v) is 3.41. The Morgan fingerprint density at radius 3 is 2.11 bits per heavy atom. The van der Waals surface area contributed by atoms with Crippen molar-refractivity contribution in [2.75, 3.05) is 33.6 Å².